The van der Waals surface area contributed by atoms with Crippen molar-refractivity contribution in [3.05, 3.63) is 66.4 Å². The number of hydrogen-bond donors (Lipinski definition) is 0. The van der Waals surface area contributed by atoms with E-state index in [1.54, 1.807) is 0 Å². The summed E-state index contributed by atoms with van der Waals surface area (Å²) in [6, 6.07) is 18.7. The molecule has 0 unspecified atom stereocenters. The Hall–Kier alpha value is -2.61. The third-order valence-electron chi connectivity index (χ3n) is 4.05. The first-order valence-corrected chi connectivity index (χ1v) is 7.11. The topological polar surface area (TPSA) is 17.0 Å². The zero-order valence-corrected chi connectivity index (χ0v) is 12.1. The molecule has 0 fully saturated rings. The molecular weight excluding hydrogens is 258 g/mol. The second kappa shape index (κ2) is 4.45. The van der Waals surface area contributed by atoms with Crippen LogP contribution >= 0.6 is 0 Å². The van der Waals surface area contributed by atoms with Gasteiger partial charge in [-0.3, -0.25) is 0 Å². The maximum Gasteiger partial charge on any atom is 0.216 e. The summed E-state index contributed by atoms with van der Waals surface area (Å²) in [5.41, 5.74) is 5.55. The predicted octanol–water partition coefficient (Wildman–Crippen LogP) is 4.39. The molecule has 0 aliphatic heterocycles. The maximum absolute atomic E-state index is 6.00. The van der Waals surface area contributed by atoms with Crippen LogP contribution in [0.25, 0.3) is 33.2 Å². The van der Waals surface area contributed by atoms with E-state index in [0.717, 1.165) is 16.6 Å². The van der Waals surface area contributed by atoms with Crippen molar-refractivity contribution in [2.75, 3.05) is 0 Å². The van der Waals surface area contributed by atoms with Gasteiger partial charge in [0.05, 0.1) is 11.5 Å². The van der Waals surface area contributed by atoms with Gasteiger partial charge in [0.25, 0.3) is 0 Å². The molecule has 4 rings (SSSR count). The molecule has 21 heavy (non-hydrogen) atoms. The molecule has 2 aromatic heterocycles. The monoisotopic (exact) mass is 274 g/mol. The van der Waals surface area contributed by atoms with E-state index in [1.165, 1.54) is 22.2 Å². The van der Waals surface area contributed by atoms with E-state index in [-0.39, 0.29) is 0 Å². The van der Waals surface area contributed by atoms with Gasteiger partial charge in [0.15, 0.2) is 6.20 Å². The Bertz CT molecular complexity index is 966. The summed E-state index contributed by atoms with van der Waals surface area (Å²) in [4.78, 5) is 0. The molecule has 2 nitrogen and oxygen atoms in total. The van der Waals surface area contributed by atoms with Crippen molar-refractivity contribution in [1.29, 1.82) is 0 Å². The van der Waals surface area contributed by atoms with Gasteiger partial charge in [-0.1, -0.05) is 36.4 Å². The SMILES string of the molecule is Cc1ccccc1-c1cc2oc3ccccc3c2c[n+]1C. The van der Waals surface area contributed by atoms with Crippen molar-refractivity contribution in [3.63, 3.8) is 0 Å². The fourth-order valence-electron chi connectivity index (χ4n) is 2.94. The minimum absolute atomic E-state index is 0.938. The van der Waals surface area contributed by atoms with Crippen LogP contribution in [0.15, 0.2) is 65.2 Å². The van der Waals surface area contributed by atoms with Gasteiger partial charge in [0, 0.05) is 10.9 Å². The van der Waals surface area contributed by atoms with Gasteiger partial charge in [-0.05, 0) is 24.6 Å². The number of furan rings is 1. The summed E-state index contributed by atoms with van der Waals surface area (Å²) in [5.74, 6) is 0. The van der Waals surface area contributed by atoms with Crippen molar-refractivity contribution < 1.29 is 8.98 Å². The lowest BCUT2D eigenvalue weighted by Crippen LogP contribution is -2.30. The Morgan fingerprint density at radius 1 is 0.857 bits per heavy atom. The van der Waals surface area contributed by atoms with Crippen molar-refractivity contribution in [3.8, 4) is 11.3 Å². The summed E-state index contributed by atoms with van der Waals surface area (Å²) < 4.78 is 8.17. The number of nitrogens with zero attached hydrogens (tertiary/aromatic N) is 1. The Morgan fingerprint density at radius 3 is 2.48 bits per heavy atom. The molecular formula is C19H16NO+. The van der Waals surface area contributed by atoms with Gasteiger partial charge in [-0.25, -0.2) is 4.57 Å². The molecule has 0 N–H and O–H groups in total. The largest absolute Gasteiger partial charge is 0.456 e. The number of aryl methyl sites for hydroxylation is 2. The van der Waals surface area contributed by atoms with Gasteiger partial charge in [0.2, 0.25) is 5.69 Å². The lowest BCUT2D eigenvalue weighted by atomic mass is 10.0. The molecule has 2 heteroatoms. The van der Waals surface area contributed by atoms with Crippen LogP contribution in [0, 0.1) is 6.92 Å². The van der Waals surface area contributed by atoms with E-state index in [1.807, 2.05) is 18.2 Å². The van der Waals surface area contributed by atoms with Crippen LogP contribution in [-0.2, 0) is 7.05 Å². The predicted molar refractivity (Wildman–Crippen MR) is 85.1 cm³/mol. The second-order valence-corrected chi connectivity index (χ2v) is 5.46. The van der Waals surface area contributed by atoms with Gasteiger partial charge >= 0.3 is 0 Å². The first-order valence-electron chi connectivity index (χ1n) is 7.11. The number of rotatable bonds is 1. The molecule has 0 aliphatic rings. The Labute approximate surface area is 123 Å². The van der Waals surface area contributed by atoms with Gasteiger partial charge in [-0.2, -0.15) is 0 Å². The average Bonchev–Trinajstić information content (AvgIpc) is 2.85. The molecule has 4 aromatic rings. The van der Waals surface area contributed by atoms with Crippen molar-refractivity contribution in [1.82, 2.24) is 0 Å². The number of fused-ring (bicyclic) bond motifs is 3. The minimum Gasteiger partial charge on any atom is -0.456 e. The zero-order valence-electron chi connectivity index (χ0n) is 12.1. The van der Waals surface area contributed by atoms with E-state index in [0.29, 0.717) is 0 Å². The molecule has 102 valence electrons. The number of para-hydroxylation sites is 1. The van der Waals surface area contributed by atoms with Gasteiger partial charge in [-0.15, -0.1) is 0 Å². The van der Waals surface area contributed by atoms with Crippen LogP contribution in [0.3, 0.4) is 0 Å². The fourth-order valence-corrected chi connectivity index (χ4v) is 2.94. The highest BCUT2D eigenvalue weighted by Crippen LogP contribution is 2.30. The molecule has 0 spiro atoms. The molecule has 2 aromatic carbocycles. The van der Waals surface area contributed by atoms with Gasteiger partial charge < -0.3 is 4.42 Å². The van der Waals surface area contributed by atoms with Crippen molar-refractivity contribution in [2.24, 2.45) is 7.05 Å². The third kappa shape index (κ3) is 1.83. The van der Waals surface area contributed by atoms with Crippen LogP contribution in [0.5, 0.6) is 0 Å². The molecule has 0 saturated heterocycles. The normalized spacial score (nSPS) is 11.3. The molecule has 0 radical (unpaired) electrons. The number of pyridine rings is 1. The maximum atomic E-state index is 6.00. The first-order chi connectivity index (χ1) is 10.2. The zero-order chi connectivity index (χ0) is 14.4. The Balaban J connectivity index is 2.06. The van der Waals surface area contributed by atoms with Crippen LogP contribution in [-0.4, -0.2) is 0 Å². The van der Waals surface area contributed by atoms with Crippen LogP contribution in [0.4, 0.5) is 0 Å². The Kier molecular flexibility index (Phi) is 2.58. The quantitative estimate of drug-likeness (QED) is 0.471. The first kappa shape index (κ1) is 12.2. The molecule has 0 bridgehead atoms. The van der Waals surface area contributed by atoms with E-state index in [9.17, 15) is 0 Å². The summed E-state index contributed by atoms with van der Waals surface area (Å²) in [7, 11) is 2.09. The molecule has 0 atom stereocenters. The summed E-state index contributed by atoms with van der Waals surface area (Å²) >= 11 is 0. The lowest BCUT2D eigenvalue weighted by molar-refractivity contribution is -0.659. The molecule has 0 saturated carbocycles. The summed E-state index contributed by atoms with van der Waals surface area (Å²) in [5, 5.41) is 2.32. The van der Waals surface area contributed by atoms with E-state index in [4.69, 9.17) is 4.42 Å². The van der Waals surface area contributed by atoms with E-state index in [2.05, 4.69) is 61.1 Å². The minimum atomic E-state index is 0.938. The smallest absolute Gasteiger partial charge is 0.216 e. The standard InChI is InChI=1S/C19H16NO/c1-13-7-3-4-8-14(13)17-11-19-16(12-20(17)2)15-9-5-6-10-18(15)21-19/h3-12H,1-2H3/q+1. The number of benzene rings is 2. The highest BCUT2D eigenvalue weighted by atomic mass is 16.3. The number of hydrogen-bond acceptors (Lipinski definition) is 1. The third-order valence-corrected chi connectivity index (χ3v) is 4.05. The van der Waals surface area contributed by atoms with E-state index >= 15 is 0 Å². The summed E-state index contributed by atoms with van der Waals surface area (Å²) in [6.45, 7) is 2.14. The highest BCUT2D eigenvalue weighted by molar-refractivity contribution is 6.04. The van der Waals surface area contributed by atoms with Crippen LogP contribution in [0.2, 0.25) is 0 Å². The fraction of sp³-hybridized carbons (Fsp3) is 0.105. The Morgan fingerprint density at radius 2 is 1.62 bits per heavy atom. The highest BCUT2D eigenvalue weighted by Gasteiger charge is 2.17. The second-order valence-electron chi connectivity index (χ2n) is 5.46. The average molecular weight is 274 g/mol. The van der Waals surface area contributed by atoms with Crippen LogP contribution in [0.1, 0.15) is 5.56 Å². The van der Waals surface area contributed by atoms with Crippen molar-refractivity contribution >= 4 is 21.9 Å². The van der Waals surface area contributed by atoms with Crippen molar-refractivity contribution in [2.45, 2.75) is 6.92 Å². The van der Waals surface area contributed by atoms with E-state index < -0.39 is 0 Å². The molecule has 0 amide bonds. The van der Waals surface area contributed by atoms with Gasteiger partial charge in [0.1, 0.15) is 18.2 Å². The van der Waals surface area contributed by atoms with Crippen LogP contribution < -0.4 is 4.57 Å². The number of aromatic nitrogens is 1. The molecule has 2 heterocycles. The lowest BCUT2D eigenvalue weighted by Gasteiger charge is -2.03. The molecule has 0 aliphatic carbocycles. The summed E-state index contributed by atoms with van der Waals surface area (Å²) in [6.07, 6.45) is 2.16.